The molecule has 0 radical (unpaired) electrons. The topological polar surface area (TPSA) is 38.3 Å². The summed E-state index contributed by atoms with van der Waals surface area (Å²) in [5.41, 5.74) is 3.16. The Morgan fingerprint density at radius 3 is 2.20 bits per heavy atom. The Kier molecular flexibility index (Phi) is 6.77. The van der Waals surface area contributed by atoms with Crippen LogP contribution in [0.25, 0.3) is 0 Å². The molecule has 0 aliphatic heterocycles. The molecule has 1 N–H and O–H groups in total. The molecule has 0 fully saturated rings. The molecular weight excluding hydrogens is 310 g/mol. The largest absolute Gasteiger partial charge is 0.459 e. The standard InChI is InChI=1S/C22H29NO2/c1-5-18-13-9-10-14-19(18)16-23-20(21(24)25-22(2,3)4)15-17-11-7-6-8-12-17/h6-14,20,23H,5,15-16H2,1-4H3/t20-/m1/s1. The van der Waals surface area contributed by atoms with Crippen molar-refractivity contribution in [3.05, 3.63) is 71.3 Å². The van der Waals surface area contributed by atoms with Crippen LogP contribution in [0.15, 0.2) is 54.6 Å². The molecule has 2 aromatic rings. The maximum absolute atomic E-state index is 12.7. The highest BCUT2D eigenvalue weighted by atomic mass is 16.6. The van der Waals surface area contributed by atoms with Crippen molar-refractivity contribution in [3.8, 4) is 0 Å². The molecule has 0 aliphatic carbocycles. The van der Waals surface area contributed by atoms with Gasteiger partial charge < -0.3 is 10.1 Å². The van der Waals surface area contributed by atoms with Crippen LogP contribution in [0.3, 0.4) is 0 Å². The fourth-order valence-corrected chi connectivity index (χ4v) is 2.77. The minimum absolute atomic E-state index is 0.203. The third-order valence-corrected chi connectivity index (χ3v) is 4.01. The molecule has 3 heteroatoms. The van der Waals surface area contributed by atoms with E-state index in [2.05, 4.69) is 30.4 Å². The van der Waals surface area contributed by atoms with Crippen LogP contribution < -0.4 is 5.32 Å². The van der Waals surface area contributed by atoms with Gasteiger partial charge in [0.15, 0.2) is 0 Å². The monoisotopic (exact) mass is 339 g/mol. The zero-order valence-electron chi connectivity index (χ0n) is 15.7. The number of ether oxygens (including phenoxy) is 1. The molecule has 25 heavy (non-hydrogen) atoms. The van der Waals surface area contributed by atoms with Crippen molar-refractivity contribution in [1.29, 1.82) is 0 Å². The lowest BCUT2D eigenvalue weighted by atomic mass is 10.0. The molecule has 0 heterocycles. The molecule has 0 aromatic heterocycles. The first kappa shape index (κ1) is 19.2. The van der Waals surface area contributed by atoms with Crippen molar-refractivity contribution in [1.82, 2.24) is 5.32 Å². The van der Waals surface area contributed by atoms with Gasteiger partial charge in [0.25, 0.3) is 0 Å². The highest BCUT2D eigenvalue weighted by molar-refractivity contribution is 5.76. The van der Waals surface area contributed by atoms with Crippen molar-refractivity contribution < 1.29 is 9.53 Å². The Morgan fingerprint density at radius 1 is 1.00 bits per heavy atom. The van der Waals surface area contributed by atoms with Crippen LogP contribution in [-0.4, -0.2) is 17.6 Å². The van der Waals surface area contributed by atoms with Crippen molar-refractivity contribution in [2.45, 2.75) is 58.7 Å². The quantitative estimate of drug-likeness (QED) is 0.765. The third-order valence-electron chi connectivity index (χ3n) is 4.01. The summed E-state index contributed by atoms with van der Waals surface area (Å²) in [5, 5.41) is 3.41. The van der Waals surface area contributed by atoms with E-state index in [1.54, 1.807) is 0 Å². The number of nitrogens with one attached hydrogen (secondary N) is 1. The van der Waals surface area contributed by atoms with Crippen LogP contribution in [-0.2, 0) is 28.9 Å². The minimum atomic E-state index is -0.491. The second-order valence-corrected chi connectivity index (χ2v) is 7.28. The van der Waals surface area contributed by atoms with Crippen molar-refractivity contribution >= 4 is 5.97 Å². The fourth-order valence-electron chi connectivity index (χ4n) is 2.77. The van der Waals surface area contributed by atoms with E-state index in [4.69, 9.17) is 4.74 Å². The summed E-state index contributed by atoms with van der Waals surface area (Å²) in [7, 11) is 0. The summed E-state index contributed by atoms with van der Waals surface area (Å²) < 4.78 is 5.62. The second-order valence-electron chi connectivity index (χ2n) is 7.28. The molecule has 0 bridgehead atoms. The van der Waals surface area contributed by atoms with Crippen LogP contribution >= 0.6 is 0 Å². The maximum atomic E-state index is 12.7. The molecule has 134 valence electrons. The lowest BCUT2D eigenvalue weighted by Gasteiger charge is -2.25. The van der Waals surface area contributed by atoms with E-state index in [1.165, 1.54) is 11.1 Å². The zero-order valence-corrected chi connectivity index (χ0v) is 15.7. The number of benzene rings is 2. The molecular formula is C22H29NO2. The van der Waals surface area contributed by atoms with E-state index in [9.17, 15) is 4.79 Å². The highest BCUT2D eigenvalue weighted by Gasteiger charge is 2.25. The number of rotatable bonds is 7. The first-order valence-corrected chi connectivity index (χ1v) is 8.96. The van der Waals surface area contributed by atoms with E-state index >= 15 is 0 Å². The van der Waals surface area contributed by atoms with Gasteiger partial charge in [-0.05, 0) is 50.3 Å². The Balaban J connectivity index is 2.12. The van der Waals surface area contributed by atoms with Crippen molar-refractivity contribution in [2.75, 3.05) is 0 Å². The summed E-state index contributed by atoms with van der Waals surface area (Å²) in [6.45, 7) is 8.50. The average Bonchev–Trinajstić information content (AvgIpc) is 2.58. The maximum Gasteiger partial charge on any atom is 0.324 e. The van der Waals surface area contributed by atoms with Gasteiger partial charge in [-0.25, -0.2) is 0 Å². The van der Waals surface area contributed by atoms with Crippen molar-refractivity contribution in [3.63, 3.8) is 0 Å². The van der Waals surface area contributed by atoms with Crippen LogP contribution in [0.2, 0.25) is 0 Å². The Hall–Kier alpha value is -2.13. The van der Waals surface area contributed by atoms with E-state index < -0.39 is 5.60 Å². The third kappa shape index (κ3) is 6.35. The number of carbonyl (C=O) groups excluding carboxylic acids is 1. The lowest BCUT2D eigenvalue weighted by molar-refractivity contribution is -0.157. The Morgan fingerprint density at radius 2 is 1.60 bits per heavy atom. The SMILES string of the molecule is CCc1ccccc1CN[C@H](Cc1ccccc1)C(=O)OC(C)(C)C. The summed E-state index contributed by atoms with van der Waals surface area (Å²) >= 11 is 0. The summed E-state index contributed by atoms with van der Waals surface area (Å²) in [6, 6.07) is 18.0. The second kappa shape index (κ2) is 8.82. The molecule has 0 saturated heterocycles. The van der Waals surface area contributed by atoms with Crippen LogP contribution in [0, 0.1) is 0 Å². The molecule has 1 atom stereocenters. The molecule has 3 nitrogen and oxygen atoms in total. The first-order valence-electron chi connectivity index (χ1n) is 8.96. The molecule has 2 aromatic carbocycles. The van der Waals surface area contributed by atoms with Crippen molar-refractivity contribution in [2.24, 2.45) is 0 Å². The van der Waals surface area contributed by atoms with Crippen LogP contribution in [0.4, 0.5) is 0 Å². The number of carbonyl (C=O) groups is 1. The summed E-state index contributed by atoms with van der Waals surface area (Å²) in [5.74, 6) is -0.203. The molecule has 2 rings (SSSR count). The van der Waals surface area contributed by atoms with E-state index in [1.807, 2.05) is 57.2 Å². The Bertz CT molecular complexity index is 674. The van der Waals surface area contributed by atoms with Gasteiger partial charge in [-0.2, -0.15) is 0 Å². The smallest absolute Gasteiger partial charge is 0.324 e. The van der Waals surface area contributed by atoms with E-state index in [-0.39, 0.29) is 12.0 Å². The Labute approximate surface area is 151 Å². The van der Waals surface area contributed by atoms with Gasteiger partial charge in [0.2, 0.25) is 0 Å². The minimum Gasteiger partial charge on any atom is -0.459 e. The summed E-state index contributed by atoms with van der Waals surface area (Å²) in [6.07, 6.45) is 1.59. The van der Waals surface area contributed by atoms with Gasteiger partial charge in [0, 0.05) is 6.54 Å². The molecule has 0 spiro atoms. The number of hydrogen-bond acceptors (Lipinski definition) is 3. The molecule has 0 aliphatic rings. The van der Waals surface area contributed by atoms with E-state index in [0.717, 1.165) is 12.0 Å². The fraction of sp³-hybridized carbons (Fsp3) is 0.409. The molecule has 0 amide bonds. The molecule has 0 saturated carbocycles. The lowest BCUT2D eigenvalue weighted by Crippen LogP contribution is -2.42. The van der Waals surface area contributed by atoms with Gasteiger partial charge in [-0.15, -0.1) is 0 Å². The number of hydrogen-bond donors (Lipinski definition) is 1. The van der Waals surface area contributed by atoms with Crippen LogP contribution in [0.5, 0.6) is 0 Å². The van der Waals surface area contributed by atoms with Gasteiger partial charge in [0.1, 0.15) is 11.6 Å². The highest BCUT2D eigenvalue weighted by Crippen LogP contribution is 2.14. The number of esters is 1. The zero-order chi connectivity index (χ0) is 18.3. The normalized spacial score (nSPS) is 12.6. The predicted octanol–water partition coefficient (Wildman–Crippen LogP) is 4.29. The average molecular weight is 339 g/mol. The van der Waals surface area contributed by atoms with Gasteiger partial charge in [-0.1, -0.05) is 61.5 Å². The van der Waals surface area contributed by atoms with Crippen LogP contribution in [0.1, 0.15) is 44.4 Å². The van der Waals surface area contributed by atoms with Gasteiger partial charge >= 0.3 is 5.97 Å². The van der Waals surface area contributed by atoms with Gasteiger partial charge in [-0.3, -0.25) is 4.79 Å². The van der Waals surface area contributed by atoms with E-state index in [0.29, 0.717) is 13.0 Å². The van der Waals surface area contributed by atoms with Gasteiger partial charge in [0.05, 0.1) is 0 Å². The number of aryl methyl sites for hydroxylation is 1. The predicted molar refractivity (Wildman–Crippen MR) is 102 cm³/mol. The molecule has 0 unspecified atom stereocenters. The summed E-state index contributed by atoms with van der Waals surface area (Å²) in [4.78, 5) is 12.7. The first-order chi connectivity index (χ1) is 11.9.